The largest absolute Gasteiger partial charge is 0.311 e. The molecule has 1 amide bonds. The molecule has 4 rings (SSSR count). The SMILES string of the molecule is Cc1cc(NC(=O)CCCS(=O)(=O)c2ccc(F)cc2)n(-c2nc3c(F)cccc3s2)n1. The highest BCUT2D eigenvalue weighted by Gasteiger charge is 2.18. The molecule has 32 heavy (non-hydrogen) atoms. The van der Waals surface area contributed by atoms with Crippen molar-refractivity contribution in [3.05, 3.63) is 65.9 Å². The maximum atomic E-state index is 14.0. The molecule has 0 bridgehead atoms. The number of anilines is 1. The van der Waals surface area contributed by atoms with Crippen LogP contribution in [0.15, 0.2) is 53.4 Å². The number of hydrogen-bond acceptors (Lipinski definition) is 6. The Morgan fingerprint density at radius 2 is 1.91 bits per heavy atom. The number of carbonyl (C=O) groups is 1. The van der Waals surface area contributed by atoms with Gasteiger partial charge in [0.15, 0.2) is 9.84 Å². The minimum atomic E-state index is -3.62. The molecule has 2 aromatic carbocycles. The van der Waals surface area contributed by atoms with Crippen molar-refractivity contribution in [3.63, 3.8) is 0 Å². The lowest BCUT2D eigenvalue weighted by Gasteiger charge is -2.07. The highest BCUT2D eigenvalue weighted by Crippen LogP contribution is 2.28. The van der Waals surface area contributed by atoms with E-state index in [0.29, 0.717) is 21.3 Å². The molecule has 1 N–H and O–H groups in total. The van der Waals surface area contributed by atoms with E-state index in [-0.39, 0.29) is 29.0 Å². The number of benzene rings is 2. The highest BCUT2D eigenvalue weighted by atomic mass is 32.2. The van der Waals surface area contributed by atoms with Gasteiger partial charge in [-0.1, -0.05) is 17.4 Å². The van der Waals surface area contributed by atoms with Crippen molar-refractivity contribution in [1.82, 2.24) is 14.8 Å². The lowest BCUT2D eigenvalue weighted by Crippen LogP contribution is -2.16. The molecule has 4 aromatic rings. The molecule has 0 aliphatic rings. The Hall–Kier alpha value is -3.18. The lowest BCUT2D eigenvalue weighted by molar-refractivity contribution is -0.116. The maximum Gasteiger partial charge on any atom is 0.225 e. The Kier molecular flexibility index (Phi) is 6.02. The van der Waals surface area contributed by atoms with E-state index in [1.54, 1.807) is 25.1 Å². The monoisotopic (exact) mass is 476 g/mol. The fraction of sp³-hybridized carbons (Fsp3) is 0.190. The molecule has 2 heterocycles. The van der Waals surface area contributed by atoms with Gasteiger partial charge in [0.2, 0.25) is 11.0 Å². The van der Waals surface area contributed by atoms with Gasteiger partial charge >= 0.3 is 0 Å². The van der Waals surface area contributed by atoms with Crippen LogP contribution in [-0.2, 0) is 14.6 Å². The fourth-order valence-electron chi connectivity index (χ4n) is 3.12. The second-order valence-corrected chi connectivity index (χ2v) is 10.2. The van der Waals surface area contributed by atoms with Gasteiger partial charge in [0.05, 0.1) is 21.0 Å². The van der Waals surface area contributed by atoms with Gasteiger partial charge in [-0.05, 0) is 49.7 Å². The van der Waals surface area contributed by atoms with Crippen LogP contribution >= 0.6 is 11.3 Å². The number of carbonyl (C=O) groups excluding carboxylic acids is 1. The van der Waals surface area contributed by atoms with Gasteiger partial charge in [-0.15, -0.1) is 0 Å². The van der Waals surface area contributed by atoms with Crippen molar-refractivity contribution in [2.24, 2.45) is 0 Å². The smallest absolute Gasteiger partial charge is 0.225 e. The maximum absolute atomic E-state index is 14.0. The highest BCUT2D eigenvalue weighted by molar-refractivity contribution is 7.91. The summed E-state index contributed by atoms with van der Waals surface area (Å²) in [6.07, 6.45) is 0.0458. The molecule has 0 fully saturated rings. The molecule has 11 heteroatoms. The van der Waals surface area contributed by atoms with Crippen LogP contribution in [0.1, 0.15) is 18.5 Å². The summed E-state index contributed by atoms with van der Waals surface area (Å²) in [7, 11) is -3.62. The van der Waals surface area contributed by atoms with Crippen molar-refractivity contribution in [2.75, 3.05) is 11.1 Å². The number of halogens is 2. The number of sulfone groups is 1. The molecular weight excluding hydrogens is 458 g/mol. The van der Waals surface area contributed by atoms with Crippen LogP contribution in [0.4, 0.5) is 14.6 Å². The second kappa shape index (κ2) is 8.75. The van der Waals surface area contributed by atoms with E-state index in [1.807, 2.05) is 0 Å². The van der Waals surface area contributed by atoms with Gasteiger partial charge in [-0.25, -0.2) is 22.2 Å². The molecule has 7 nitrogen and oxygen atoms in total. The van der Waals surface area contributed by atoms with E-state index in [0.717, 1.165) is 12.1 Å². The van der Waals surface area contributed by atoms with Crippen LogP contribution in [0.5, 0.6) is 0 Å². The normalized spacial score (nSPS) is 11.7. The van der Waals surface area contributed by atoms with E-state index in [1.165, 1.54) is 34.2 Å². The van der Waals surface area contributed by atoms with Gasteiger partial charge in [0.25, 0.3) is 0 Å². The van der Waals surface area contributed by atoms with Crippen molar-refractivity contribution in [3.8, 4) is 5.13 Å². The Labute approximate surface area is 186 Å². The zero-order valence-corrected chi connectivity index (χ0v) is 18.5. The third-order valence-corrected chi connectivity index (χ3v) is 7.44. The summed E-state index contributed by atoms with van der Waals surface area (Å²) in [5.74, 6) is -1.25. The fourth-order valence-corrected chi connectivity index (χ4v) is 5.37. The van der Waals surface area contributed by atoms with Gasteiger partial charge in [0.1, 0.15) is 23.0 Å². The zero-order valence-electron chi connectivity index (χ0n) is 16.9. The first-order chi connectivity index (χ1) is 15.2. The number of amides is 1. The molecule has 0 atom stereocenters. The van der Waals surface area contributed by atoms with Crippen molar-refractivity contribution in [1.29, 1.82) is 0 Å². The average Bonchev–Trinajstić information content (AvgIpc) is 3.32. The number of nitrogens with one attached hydrogen (secondary N) is 1. The van der Waals surface area contributed by atoms with Crippen molar-refractivity contribution >= 4 is 43.1 Å². The summed E-state index contributed by atoms with van der Waals surface area (Å²) in [5, 5.41) is 7.43. The van der Waals surface area contributed by atoms with Gasteiger partial charge in [0, 0.05) is 12.5 Å². The summed E-state index contributed by atoms with van der Waals surface area (Å²) in [5.41, 5.74) is 0.850. The topological polar surface area (TPSA) is 94.0 Å². The molecule has 2 aromatic heterocycles. The summed E-state index contributed by atoms with van der Waals surface area (Å²) < 4.78 is 53.7. The van der Waals surface area contributed by atoms with Crippen molar-refractivity contribution in [2.45, 2.75) is 24.7 Å². The first kappa shape index (κ1) is 22.0. The Morgan fingerprint density at radius 3 is 2.62 bits per heavy atom. The van der Waals surface area contributed by atoms with E-state index < -0.39 is 27.4 Å². The predicted molar refractivity (Wildman–Crippen MR) is 118 cm³/mol. The molecule has 166 valence electrons. The summed E-state index contributed by atoms with van der Waals surface area (Å²) >= 11 is 1.23. The minimum absolute atomic E-state index is 0.0103. The number of nitrogens with zero attached hydrogens (tertiary/aromatic N) is 3. The summed E-state index contributed by atoms with van der Waals surface area (Å²) in [6.45, 7) is 1.75. The Balaban J connectivity index is 1.44. The van der Waals surface area contributed by atoms with Crippen LogP contribution < -0.4 is 5.32 Å². The first-order valence-corrected chi connectivity index (χ1v) is 12.1. The minimum Gasteiger partial charge on any atom is -0.311 e. The Morgan fingerprint density at radius 1 is 1.16 bits per heavy atom. The quantitative estimate of drug-likeness (QED) is 0.402. The summed E-state index contributed by atoms with van der Waals surface area (Å²) in [6, 6.07) is 10.9. The number of fused-ring (bicyclic) bond motifs is 1. The molecule has 0 radical (unpaired) electrons. The van der Waals surface area contributed by atoms with Crippen LogP contribution in [0.25, 0.3) is 15.3 Å². The van der Waals surface area contributed by atoms with E-state index >= 15 is 0 Å². The number of rotatable bonds is 7. The van der Waals surface area contributed by atoms with E-state index in [4.69, 9.17) is 0 Å². The molecule has 0 aliphatic carbocycles. The average molecular weight is 477 g/mol. The summed E-state index contributed by atoms with van der Waals surface area (Å²) in [4.78, 5) is 16.7. The van der Waals surface area contributed by atoms with Crippen molar-refractivity contribution < 1.29 is 22.0 Å². The third kappa shape index (κ3) is 4.68. The number of thiazole rings is 1. The lowest BCUT2D eigenvalue weighted by atomic mass is 10.3. The van der Waals surface area contributed by atoms with E-state index in [9.17, 15) is 22.0 Å². The molecule has 0 aliphatic heterocycles. The number of para-hydroxylation sites is 1. The molecule has 0 saturated heterocycles. The van der Waals surface area contributed by atoms with E-state index in [2.05, 4.69) is 15.4 Å². The van der Waals surface area contributed by atoms with Gasteiger partial charge in [-0.2, -0.15) is 9.78 Å². The van der Waals surface area contributed by atoms with Gasteiger partial charge < -0.3 is 5.32 Å². The van der Waals surface area contributed by atoms with Crippen LogP contribution in [0, 0.1) is 18.6 Å². The second-order valence-electron chi connectivity index (χ2n) is 7.09. The molecule has 0 spiro atoms. The van der Waals surface area contributed by atoms with Crippen LogP contribution in [0.3, 0.4) is 0 Å². The predicted octanol–water partition coefficient (Wildman–Crippen LogP) is 4.26. The van der Waals surface area contributed by atoms with Crippen LogP contribution in [-0.4, -0.2) is 34.8 Å². The molecule has 0 saturated carbocycles. The number of aryl methyl sites for hydroxylation is 1. The number of hydrogen-bond donors (Lipinski definition) is 1. The van der Waals surface area contributed by atoms with Gasteiger partial charge in [-0.3, -0.25) is 4.79 Å². The zero-order chi connectivity index (χ0) is 22.9. The molecular formula is C21H18F2N4O3S2. The third-order valence-electron chi connectivity index (χ3n) is 4.63. The molecule has 0 unspecified atom stereocenters. The number of aromatic nitrogens is 3. The first-order valence-electron chi connectivity index (χ1n) is 9.63. The Bertz CT molecular complexity index is 1400. The standard InChI is InChI=1S/C21H18F2N4O3S2/c1-13-12-18(27(26-13)21-25-20-16(23)4-2-5-17(20)31-21)24-19(28)6-3-11-32(29,30)15-9-7-14(22)8-10-15/h2,4-5,7-10,12H,3,6,11H2,1H3,(H,24,28). The van der Waals surface area contributed by atoms with Crippen LogP contribution in [0.2, 0.25) is 0 Å².